The summed E-state index contributed by atoms with van der Waals surface area (Å²) >= 11 is 0. The van der Waals surface area contributed by atoms with Gasteiger partial charge >= 0.3 is 0 Å². The first-order valence-corrected chi connectivity index (χ1v) is 19.5. The molecule has 0 bridgehead atoms. The first-order chi connectivity index (χ1) is 26.2. The Labute approximate surface area is 351 Å². The van der Waals surface area contributed by atoms with E-state index in [1.54, 1.807) is 0 Å². The van der Waals surface area contributed by atoms with Crippen molar-refractivity contribution >= 4 is 24.8 Å². The number of fused-ring (bicyclic) bond motifs is 1. The van der Waals surface area contributed by atoms with E-state index in [1.807, 2.05) is 18.3 Å². The maximum absolute atomic E-state index is 11.2. The zero-order chi connectivity index (χ0) is 38.7. The van der Waals surface area contributed by atoms with E-state index in [1.165, 1.54) is 27.8 Å². The highest BCUT2D eigenvalue weighted by Crippen LogP contribution is 2.50. The highest BCUT2D eigenvalue weighted by Gasteiger charge is 2.42. The van der Waals surface area contributed by atoms with E-state index in [9.17, 15) is 5.11 Å². The number of nitrogens with one attached hydrogen (secondary N) is 2. The molecule has 8 rings (SSSR count). The molecule has 0 atom stereocenters. The van der Waals surface area contributed by atoms with Gasteiger partial charge in [-0.15, -0.1) is 24.8 Å². The average Bonchev–Trinajstić information content (AvgIpc) is 3.36. The predicted octanol–water partition coefficient (Wildman–Crippen LogP) is 13.4. The molecule has 0 amide bonds. The monoisotopic (exact) mass is 792 g/mol. The standard InChI is InChI=1S/C52H50N2O.2ClH/c1-33-25-48(36-21-22-46-47(29-36)52(7,8)32-51(46,5)6)54-31-45(33)44-16-12-11-15-43(44)38-26-37(27-40(55)28-38)42-14-10-9-13-41(42)34-17-19-35(20-18-34)49-30-39(23-24-53-49)50(2,3)4;;/h9-31,55H,32H2,1-8H3;2*1H/p+2. The molecular formula is C52H54Cl2N2O+2. The summed E-state index contributed by atoms with van der Waals surface area (Å²) in [6, 6.07) is 45.4. The second-order valence-corrected chi connectivity index (χ2v) is 17.8. The van der Waals surface area contributed by atoms with Crippen LogP contribution >= 0.6 is 24.8 Å². The fourth-order valence-corrected chi connectivity index (χ4v) is 9.02. The lowest BCUT2D eigenvalue weighted by Crippen LogP contribution is -2.18. The number of pyridine rings is 2. The van der Waals surface area contributed by atoms with Crippen LogP contribution in [0.2, 0.25) is 0 Å². The van der Waals surface area contributed by atoms with E-state index in [4.69, 9.17) is 0 Å². The number of halogens is 2. The first kappa shape index (κ1) is 41.4. The van der Waals surface area contributed by atoms with Crippen LogP contribution < -0.4 is 9.97 Å². The molecule has 0 aliphatic heterocycles. The third-order valence-corrected chi connectivity index (χ3v) is 11.7. The smallest absolute Gasteiger partial charge is 0.211 e. The maximum Gasteiger partial charge on any atom is 0.211 e. The molecule has 3 nitrogen and oxygen atoms in total. The average molecular weight is 794 g/mol. The third kappa shape index (κ3) is 8.02. The Bertz CT molecular complexity index is 2580. The van der Waals surface area contributed by atoms with E-state index >= 15 is 0 Å². The van der Waals surface area contributed by atoms with E-state index in [2.05, 4.69) is 187 Å². The number of H-pyrrole nitrogens is 2. The van der Waals surface area contributed by atoms with Crippen LogP contribution in [-0.4, -0.2) is 5.11 Å². The molecule has 5 aromatic carbocycles. The first-order valence-electron chi connectivity index (χ1n) is 19.5. The molecule has 0 radical (unpaired) electrons. The molecule has 0 spiro atoms. The molecule has 1 aliphatic rings. The van der Waals surface area contributed by atoms with Gasteiger partial charge in [0.1, 0.15) is 5.75 Å². The topological polar surface area (TPSA) is 48.5 Å². The molecule has 0 saturated carbocycles. The van der Waals surface area contributed by atoms with Gasteiger partial charge < -0.3 is 5.11 Å². The highest BCUT2D eigenvalue weighted by atomic mass is 35.5. The van der Waals surface area contributed by atoms with Crippen molar-refractivity contribution in [1.82, 2.24) is 0 Å². The molecule has 1 aliphatic carbocycles. The molecule has 2 aromatic heterocycles. The van der Waals surface area contributed by atoms with E-state index in [0.29, 0.717) is 0 Å². The van der Waals surface area contributed by atoms with Crippen LogP contribution in [-0.2, 0) is 16.2 Å². The molecule has 0 unspecified atom stereocenters. The minimum Gasteiger partial charge on any atom is -0.508 e. The molecule has 0 fully saturated rings. The summed E-state index contributed by atoms with van der Waals surface area (Å²) < 4.78 is 0. The Morgan fingerprint density at radius 1 is 0.509 bits per heavy atom. The number of hydrogen-bond acceptors (Lipinski definition) is 1. The number of phenolic OH excluding ortho intramolecular Hbond substituents is 1. The molecule has 5 heteroatoms. The molecule has 57 heavy (non-hydrogen) atoms. The van der Waals surface area contributed by atoms with Crippen molar-refractivity contribution in [3.63, 3.8) is 0 Å². The van der Waals surface area contributed by atoms with Crippen LogP contribution in [0.4, 0.5) is 0 Å². The van der Waals surface area contributed by atoms with Gasteiger partial charge in [0.05, 0.1) is 0 Å². The lowest BCUT2D eigenvalue weighted by Gasteiger charge is -2.22. The summed E-state index contributed by atoms with van der Waals surface area (Å²) in [7, 11) is 0. The number of aromatic nitrogens is 2. The van der Waals surface area contributed by atoms with Crippen LogP contribution in [0.25, 0.3) is 67.0 Å². The summed E-state index contributed by atoms with van der Waals surface area (Å²) in [4.78, 5) is 7.09. The quantitative estimate of drug-likeness (QED) is 0.179. The number of aromatic amines is 2. The van der Waals surface area contributed by atoms with Crippen LogP contribution in [0.15, 0.2) is 140 Å². The van der Waals surface area contributed by atoms with Gasteiger partial charge in [-0.3, -0.25) is 0 Å². The van der Waals surface area contributed by atoms with E-state index in [0.717, 1.165) is 67.9 Å². The fraction of sp³-hybridized carbons (Fsp3) is 0.231. The van der Waals surface area contributed by atoms with Gasteiger partial charge in [-0.25, -0.2) is 9.97 Å². The lowest BCUT2D eigenvalue weighted by atomic mass is 9.82. The predicted molar refractivity (Wildman–Crippen MR) is 242 cm³/mol. The van der Waals surface area contributed by atoms with Gasteiger partial charge in [-0.1, -0.05) is 115 Å². The molecule has 7 aromatic rings. The van der Waals surface area contributed by atoms with Gasteiger partial charge in [-0.05, 0) is 133 Å². The van der Waals surface area contributed by atoms with Crippen LogP contribution in [0.5, 0.6) is 5.75 Å². The Kier molecular flexibility index (Phi) is 11.3. The number of benzene rings is 5. The molecule has 290 valence electrons. The molecule has 0 saturated heterocycles. The lowest BCUT2D eigenvalue weighted by molar-refractivity contribution is -0.365. The Morgan fingerprint density at radius 3 is 1.65 bits per heavy atom. The van der Waals surface area contributed by atoms with Crippen molar-refractivity contribution in [3.8, 4) is 72.8 Å². The number of aryl methyl sites for hydroxylation is 1. The molecule has 3 N–H and O–H groups in total. The van der Waals surface area contributed by atoms with Gasteiger partial charge in [0.15, 0.2) is 12.4 Å². The number of rotatable bonds is 6. The zero-order valence-corrected chi connectivity index (χ0v) is 35.9. The highest BCUT2D eigenvalue weighted by molar-refractivity contribution is 5.90. The maximum atomic E-state index is 11.2. The van der Waals surface area contributed by atoms with E-state index < -0.39 is 0 Å². The molecule has 2 heterocycles. The van der Waals surface area contributed by atoms with Gasteiger partial charge in [-0.2, -0.15) is 0 Å². The largest absolute Gasteiger partial charge is 0.508 e. The second kappa shape index (κ2) is 15.6. The minimum absolute atomic E-state index is 0. The SMILES string of the molecule is Cc1cc(-c2ccc3c(c2)C(C)(C)CC3(C)C)[nH+]cc1-c1ccccc1-c1cc(O)cc(-c2ccccc2-c2ccc(-c3cc(C(C)(C)C)cc[nH+]3)cc2)c1.Cl.Cl. The van der Waals surface area contributed by atoms with Crippen molar-refractivity contribution in [2.45, 2.75) is 78.1 Å². The van der Waals surface area contributed by atoms with E-state index in [-0.39, 0.29) is 46.8 Å². The summed E-state index contributed by atoms with van der Waals surface area (Å²) in [5, 5.41) is 11.2. The normalized spacial score (nSPS) is 14.0. The molecular weight excluding hydrogens is 739 g/mol. The van der Waals surface area contributed by atoms with Crippen LogP contribution in [0.1, 0.15) is 77.1 Å². The van der Waals surface area contributed by atoms with Crippen molar-refractivity contribution in [3.05, 3.63) is 162 Å². The van der Waals surface area contributed by atoms with Crippen LogP contribution in [0.3, 0.4) is 0 Å². The van der Waals surface area contributed by atoms with Crippen molar-refractivity contribution < 1.29 is 15.1 Å². The summed E-state index contributed by atoms with van der Waals surface area (Å²) in [5.74, 6) is 0.239. The summed E-state index contributed by atoms with van der Waals surface area (Å²) in [5.41, 5.74) is 19.0. The van der Waals surface area contributed by atoms with Crippen molar-refractivity contribution in [1.29, 1.82) is 0 Å². The zero-order valence-electron chi connectivity index (χ0n) is 34.2. The Morgan fingerprint density at radius 2 is 1.04 bits per heavy atom. The fourth-order valence-electron chi connectivity index (χ4n) is 9.02. The third-order valence-electron chi connectivity index (χ3n) is 11.7. The summed E-state index contributed by atoms with van der Waals surface area (Å²) in [6.07, 6.45) is 5.33. The van der Waals surface area contributed by atoms with Crippen molar-refractivity contribution in [2.24, 2.45) is 0 Å². The van der Waals surface area contributed by atoms with Gasteiger partial charge in [0.25, 0.3) is 0 Å². The number of hydrogen-bond donors (Lipinski definition) is 1. The minimum atomic E-state index is 0. The van der Waals surface area contributed by atoms with Crippen LogP contribution in [0, 0.1) is 6.92 Å². The Hall–Kier alpha value is -5.22. The van der Waals surface area contributed by atoms with Crippen molar-refractivity contribution in [2.75, 3.05) is 0 Å². The van der Waals surface area contributed by atoms with Gasteiger partial charge in [0, 0.05) is 34.9 Å². The number of phenols is 1. The van der Waals surface area contributed by atoms with Gasteiger partial charge in [0.2, 0.25) is 11.4 Å². The Balaban J connectivity index is 0.00000275. The number of aromatic hydroxyl groups is 1. The second-order valence-electron chi connectivity index (χ2n) is 17.8. The summed E-state index contributed by atoms with van der Waals surface area (Å²) in [6.45, 7) is 18.4.